The predicted octanol–water partition coefficient (Wildman–Crippen LogP) is 4.39. The molecule has 4 heteroatoms. The third kappa shape index (κ3) is 3.72. The molecule has 0 amide bonds. The fourth-order valence-electron chi connectivity index (χ4n) is 1.97. The van der Waals surface area contributed by atoms with E-state index in [0.29, 0.717) is 6.04 Å². The van der Waals surface area contributed by atoms with Gasteiger partial charge in [-0.05, 0) is 37.4 Å². The molecule has 2 rings (SSSR count). The molecule has 0 saturated heterocycles. The summed E-state index contributed by atoms with van der Waals surface area (Å²) in [5.74, 6) is 0. The number of nitrogens with zero attached hydrogens (tertiary/aromatic N) is 1. The summed E-state index contributed by atoms with van der Waals surface area (Å²) in [6, 6.07) is 10.4. The zero-order valence-electron chi connectivity index (χ0n) is 11.3. The first-order chi connectivity index (χ1) is 9.08. The monoisotopic (exact) mass is 294 g/mol. The van der Waals surface area contributed by atoms with Gasteiger partial charge < -0.3 is 5.73 Å². The Morgan fingerprint density at radius 1 is 1.21 bits per heavy atom. The summed E-state index contributed by atoms with van der Waals surface area (Å²) in [4.78, 5) is 3.74. The molecule has 2 N–H and O–H groups in total. The number of thiophene rings is 1. The van der Waals surface area contributed by atoms with E-state index in [1.807, 2.05) is 18.2 Å². The van der Waals surface area contributed by atoms with Gasteiger partial charge in [-0.3, -0.25) is 4.90 Å². The van der Waals surface area contributed by atoms with Crippen LogP contribution in [0.2, 0.25) is 5.02 Å². The molecule has 0 saturated carbocycles. The zero-order valence-corrected chi connectivity index (χ0v) is 12.8. The van der Waals surface area contributed by atoms with Gasteiger partial charge in [-0.25, -0.2) is 0 Å². The van der Waals surface area contributed by atoms with E-state index in [-0.39, 0.29) is 0 Å². The summed E-state index contributed by atoms with van der Waals surface area (Å²) in [5, 5.41) is 2.86. The van der Waals surface area contributed by atoms with Gasteiger partial charge in [0.1, 0.15) is 0 Å². The van der Waals surface area contributed by atoms with Crippen LogP contribution in [0.1, 0.15) is 24.3 Å². The van der Waals surface area contributed by atoms with Gasteiger partial charge in [0.25, 0.3) is 0 Å². The van der Waals surface area contributed by atoms with Crippen molar-refractivity contribution in [2.45, 2.75) is 33.0 Å². The maximum absolute atomic E-state index is 6.26. The van der Waals surface area contributed by atoms with Gasteiger partial charge in [0.15, 0.2) is 0 Å². The van der Waals surface area contributed by atoms with Crippen LogP contribution in [-0.2, 0) is 13.1 Å². The average Bonchev–Trinajstić information content (AvgIpc) is 2.85. The van der Waals surface area contributed by atoms with Crippen molar-refractivity contribution >= 4 is 28.6 Å². The molecular weight excluding hydrogens is 276 g/mol. The molecule has 0 fully saturated rings. The number of nitrogen functional groups attached to an aromatic ring is 1. The van der Waals surface area contributed by atoms with E-state index in [4.69, 9.17) is 17.3 Å². The number of hydrogen-bond acceptors (Lipinski definition) is 3. The highest BCUT2D eigenvalue weighted by Gasteiger charge is 2.14. The van der Waals surface area contributed by atoms with Gasteiger partial charge in [0.2, 0.25) is 0 Å². The summed E-state index contributed by atoms with van der Waals surface area (Å²) < 4.78 is 0. The predicted molar refractivity (Wildman–Crippen MR) is 84.6 cm³/mol. The summed E-state index contributed by atoms with van der Waals surface area (Å²) in [6.45, 7) is 6.10. The largest absolute Gasteiger partial charge is 0.398 e. The Balaban J connectivity index is 2.17. The number of halogens is 1. The molecule has 102 valence electrons. The molecule has 19 heavy (non-hydrogen) atoms. The van der Waals surface area contributed by atoms with E-state index in [9.17, 15) is 0 Å². The van der Waals surface area contributed by atoms with Crippen LogP contribution in [0.3, 0.4) is 0 Å². The fourth-order valence-corrected chi connectivity index (χ4v) is 2.94. The molecule has 2 nitrogen and oxygen atoms in total. The van der Waals surface area contributed by atoms with E-state index in [2.05, 4.69) is 36.3 Å². The second-order valence-electron chi connectivity index (χ2n) is 4.89. The molecule has 1 aromatic heterocycles. The third-order valence-electron chi connectivity index (χ3n) is 3.19. The highest BCUT2D eigenvalue weighted by atomic mass is 35.5. The number of benzene rings is 1. The Bertz CT molecular complexity index is 503. The topological polar surface area (TPSA) is 29.3 Å². The highest BCUT2D eigenvalue weighted by molar-refractivity contribution is 7.09. The van der Waals surface area contributed by atoms with Crippen LogP contribution in [-0.4, -0.2) is 10.9 Å². The minimum atomic E-state index is 0.442. The van der Waals surface area contributed by atoms with Crippen LogP contribution >= 0.6 is 22.9 Å². The minimum Gasteiger partial charge on any atom is -0.398 e. The highest BCUT2D eigenvalue weighted by Crippen LogP contribution is 2.25. The molecule has 0 aliphatic rings. The lowest BCUT2D eigenvalue weighted by atomic mass is 10.1. The first-order valence-electron chi connectivity index (χ1n) is 6.37. The van der Waals surface area contributed by atoms with Crippen molar-refractivity contribution in [2.75, 3.05) is 5.73 Å². The Morgan fingerprint density at radius 3 is 2.58 bits per heavy atom. The molecule has 0 spiro atoms. The molecule has 0 atom stereocenters. The average molecular weight is 295 g/mol. The lowest BCUT2D eigenvalue weighted by molar-refractivity contribution is 0.206. The van der Waals surface area contributed by atoms with Gasteiger partial charge in [0.05, 0.1) is 0 Å². The van der Waals surface area contributed by atoms with E-state index >= 15 is 0 Å². The number of anilines is 1. The van der Waals surface area contributed by atoms with E-state index in [1.54, 1.807) is 11.3 Å². The standard InChI is InChI=1S/C15H19ClN2S/c1-11(2)18(9-12-5-4-8-19-12)10-13-14(16)6-3-7-15(13)17/h3-8,11H,9-10,17H2,1-2H3. The van der Waals surface area contributed by atoms with Crippen LogP contribution in [0.25, 0.3) is 0 Å². The summed E-state index contributed by atoms with van der Waals surface area (Å²) in [6.07, 6.45) is 0. The Hall–Kier alpha value is -1.03. The van der Waals surface area contributed by atoms with Crippen molar-refractivity contribution in [1.82, 2.24) is 4.90 Å². The smallest absolute Gasteiger partial charge is 0.0471 e. The molecular formula is C15H19ClN2S. The lowest BCUT2D eigenvalue weighted by Gasteiger charge is -2.27. The number of rotatable bonds is 5. The van der Waals surface area contributed by atoms with Gasteiger partial charge in [0, 0.05) is 40.3 Å². The fraction of sp³-hybridized carbons (Fsp3) is 0.333. The molecule has 2 aromatic rings. The van der Waals surface area contributed by atoms with Crippen LogP contribution < -0.4 is 5.73 Å². The first kappa shape index (κ1) is 14.4. The van der Waals surface area contributed by atoms with Crippen molar-refractivity contribution in [3.8, 4) is 0 Å². The van der Waals surface area contributed by atoms with E-state index < -0.39 is 0 Å². The summed E-state index contributed by atoms with van der Waals surface area (Å²) in [5.41, 5.74) is 7.83. The van der Waals surface area contributed by atoms with Crippen molar-refractivity contribution in [3.63, 3.8) is 0 Å². The normalized spacial score (nSPS) is 11.4. The van der Waals surface area contributed by atoms with Gasteiger partial charge in [-0.15, -0.1) is 11.3 Å². The quantitative estimate of drug-likeness (QED) is 0.829. The van der Waals surface area contributed by atoms with E-state index in [0.717, 1.165) is 29.4 Å². The number of hydrogen-bond donors (Lipinski definition) is 1. The zero-order chi connectivity index (χ0) is 13.8. The van der Waals surface area contributed by atoms with Gasteiger partial charge >= 0.3 is 0 Å². The third-order valence-corrected chi connectivity index (χ3v) is 4.40. The Labute approximate surface area is 123 Å². The molecule has 1 heterocycles. The second-order valence-corrected chi connectivity index (χ2v) is 6.33. The maximum atomic E-state index is 6.26. The SMILES string of the molecule is CC(C)N(Cc1cccs1)Cc1c(N)cccc1Cl. The van der Waals surface area contributed by atoms with Crippen LogP contribution in [0, 0.1) is 0 Å². The number of nitrogens with two attached hydrogens (primary N) is 1. The molecule has 0 aliphatic carbocycles. The van der Waals surface area contributed by atoms with E-state index in [1.165, 1.54) is 4.88 Å². The van der Waals surface area contributed by atoms with Gasteiger partial charge in [-0.1, -0.05) is 23.7 Å². The second kappa shape index (κ2) is 6.42. The maximum Gasteiger partial charge on any atom is 0.0471 e. The minimum absolute atomic E-state index is 0.442. The molecule has 0 bridgehead atoms. The Kier molecular flexibility index (Phi) is 4.86. The molecule has 0 aliphatic heterocycles. The first-order valence-corrected chi connectivity index (χ1v) is 7.63. The van der Waals surface area contributed by atoms with Gasteiger partial charge in [-0.2, -0.15) is 0 Å². The van der Waals surface area contributed by atoms with Crippen LogP contribution in [0.5, 0.6) is 0 Å². The van der Waals surface area contributed by atoms with Crippen molar-refractivity contribution in [2.24, 2.45) is 0 Å². The van der Waals surface area contributed by atoms with Crippen molar-refractivity contribution < 1.29 is 0 Å². The van der Waals surface area contributed by atoms with Crippen LogP contribution in [0.15, 0.2) is 35.7 Å². The molecule has 0 radical (unpaired) electrons. The van der Waals surface area contributed by atoms with Crippen LogP contribution in [0.4, 0.5) is 5.69 Å². The van der Waals surface area contributed by atoms with Crippen molar-refractivity contribution in [1.29, 1.82) is 0 Å². The van der Waals surface area contributed by atoms with Crippen molar-refractivity contribution in [3.05, 3.63) is 51.2 Å². The lowest BCUT2D eigenvalue weighted by Crippen LogP contribution is -2.30. The summed E-state index contributed by atoms with van der Waals surface area (Å²) in [7, 11) is 0. The Morgan fingerprint density at radius 2 is 2.00 bits per heavy atom. The molecule has 0 unspecified atom stereocenters. The molecule has 1 aromatic carbocycles. The summed E-state index contributed by atoms with van der Waals surface area (Å²) >= 11 is 8.04.